The summed E-state index contributed by atoms with van der Waals surface area (Å²) in [5, 5.41) is 7.96. The van der Waals surface area contributed by atoms with Crippen LogP contribution in [0.4, 0.5) is 10.5 Å². The lowest BCUT2D eigenvalue weighted by atomic mass is 10.2. The van der Waals surface area contributed by atoms with Crippen molar-refractivity contribution in [2.75, 3.05) is 32.1 Å². The lowest BCUT2D eigenvalue weighted by molar-refractivity contribution is -0.121. The van der Waals surface area contributed by atoms with Gasteiger partial charge < -0.3 is 26.4 Å². The number of ether oxygens (including phenoxy) is 1. The molecule has 3 amide bonds. The van der Waals surface area contributed by atoms with Gasteiger partial charge in [0.1, 0.15) is 0 Å². The van der Waals surface area contributed by atoms with E-state index in [9.17, 15) is 9.59 Å². The molecule has 1 aromatic rings. The van der Waals surface area contributed by atoms with E-state index in [1.54, 1.807) is 19.2 Å². The fourth-order valence-corrected chi connectivity index (χ4v) is 1.57. The van der Waals surface area contributed by atoms with E-state index in [2.05, 4.69) is 16.0 Å². The second kappa shape index (κ2) is 9.73. The van der Waals surface area contributed by atoms with E-state index in [1.807, 2.05) is 12.1 Å². The molecule has 0 aliphatic rings. The average Bonchev–Trinajstić information content (AvgIpc) is 2.48. The third-order valence-electron chi connectivity index (χ3n) is 2.71. The van der Waals surface area contributed by atoms with Crippen molar-refractivity contribution in [3.8, 4) is 0 Å². The summed E-state index contributed by atoms with van der Waals surface area (Å²) in [6.45, 7) is 1.67. The largest absolute Gasteiger partial charge is 0.383 e. The van der Waals surface area contributed by atoms with Crippen LogP contribution in [0.1, 0.15) is 12.0 Å². The molecule has 0 radical (unpaired) electrons. The molecule has 0 unspecified atom stereocenters. The van der Waals surface area contributed by atoms with E-state index >= 15 is 0 Å². The molecule has 0 heterocycles. The quantitative estimate of drug-likeness (QED) is 0.521. The van der Waals surface area contributed by atoms with Gasteiger partial charge in [0.05, 0.1) is 6.61 Å². The monoisotopic (exact) mass is 294 g/mol. The van der Waals surface area contributed by atoms with Crippen molar-refractivity contribution in [1.82, 2.24) is 10.6 Å². The Hall–Kier alpha value is -2.12. The van der Waals surface area contributed by atoms with Crippen LogP contribution in [0, 0.1) is 0 Å². The molecule has 0 aromatic heterocycles. The topological polar surface area (TPSA) is 105 Å². The molecule has 0 fully saturated rings. The van der Waals surface area contributed by atoms with Gasteiger partial charge in [-0.2, -0.15) is 0 Å². The second-order valence-electron chi connectivity index (χ2n) is 4.37. The molecule has 0 atom stereocenters. The average molecular weight is 294 g/mol. The Balaban J connectivity index is 2.20. The summed E-state index contributed by atoms with van der Waals surface area (Å²) in [6, 6.07) is 6.90. The maximum absolute atomic E-state index is 11.6. The van der Waals surface area contributed by atoms with Crippen molar-refractivity contribution in [3.63, 3.8) is 0 Å². The maximum Gasteiger partial charge on any atom is 0.319 e. The number of methoxy groups -OCH3 is 1. The zero-order valence-corrected chi connectivity index (χ0v) is 12.1. The van der Waals surface area contributed by atoms with Crippen molar-refractivity contribution in [2.24, 2.45) is 5.73 Å². The van der Waals surface area contributed by atoms with Gasteiger partial charge in [-0.25, -0.2) is 4.79 Å². The molecule has 0 saturated heterocycles. The summed E-state index contributed by atoms with van der Waals surface area (Å²) in [5.74, 6) is -0.125. The molecular weight excluding hydrogens is 272 g/mol. The van der Waals surface area contributed by atoms with E-state index in [0.29, 0.717) is 25.4 Å². The van der Waals surface area contributed by atoms with E-state index in [0.717, 1.165) is 5.56 Å². The Morgan fingerprint density at radius 2 is 1.86 bits per heavy atom. The molecular formula is C14H22N4O3. The minimum absolute atomic E-state index is 0.125. The number of hydrogen-bond acceptors (Lipinski definition) is 4. The Bertz CT molecular complexity index is 448. The van der Waals surface area contributed by atoms with Crippen LogP contribution in [0.2, 0.25) is 0 Å². The van der Waals surface area contributed by atoms with Gasteiger partial charge in [0.2, 0.25) is 5.91 Å². The summed E-state index contributed by atoms with van der Waals surface area (Å²) in [7, 11) is 1.57. The van der Waals surface area contributed by atoms with Crippen molar-refractivity contribution < 1.29 is 14.3 Å². The highest BCUT2D eigenvalue weighted by Crippen LogP contribution is 2.08. The Kier molecular flexibility index (Phi) is 7.85. The fourth-order valence-electron chi connectivity index (χ4n) is 1.57. The van der Waals surface area contributed by atoms with Crippen LogP contribution in [0.5, 0.6) is 0 Å². The van der Waals surface area contributed by atoms with Crippen molar-refractivity contribution in [3.05, 3.63) is 29.8 Å². The van der Waals surface area contributed by atoms with Gasteiger partial charge in [0.15, 0.2) is 0 Å². The molecule has 0 aliphatic carbocycles. The first-order chi connectivity index (χ1) is 10.2. The third kappa shape index (κ3) is 7.28. The maximum atomic E-state index is 11.6. The summed E-state index contributed by atoms with van der Waals surface area (Å²) >= 11 is 0. The van der Waals surface area contributed by atoms with Gasteiger partial charge in [-0.1, -0.05) is 12.1 Å². The molecule has 5 N–H and O–H groups in total. The molecule has 0 bridgehead atoms. The zero-order chi connectivity index (χ0) is 15.5. The third-order valence-corrected chi connectivity index (χ3v) is 2.71. The molecule has 1 rings (SSSR count). The van der Waals surface area contributed by atoms with E-state index in [4.69, 9.17) is 10.5 Å². The summed E-state index contributed by atoms with van der Waals surface area (Å²) in [4.78, 5) is 23.0. The van der Waals surface area contributed by atoms with Crippen LogP contribution < -0.4 is 21.7 Å². The van der Waals surface area contributed by atoms with Crippen molar-refractivity contribution >= 4 is 17.6 Å². The van der Waals surface area contributed by atoms with Gasteiger partial charge in [-0.05, 0) is 17.7 Å². The Morgan fingerprint density at radius 1 is 1.14 bits per heavy atom. The number of nitrogens with one attached hydrogen (secondary N) is 3. The minimum atomic E-state index is -0.347. The Morgan fingerprint density at radius 3 is 2.48 bits per heavy atom. The first kappa shape index (κ1) is 16.9. The second-order valence-corrected chi connectivity index (χ2v) is 4.37. The highest BCUT2D eigenvalue weighted by atomic mass is 16.5. The first-order valence-corrected chi connectivity index (χ1v) is 6.75. The number of hydrogen-bond donors (Lipinski definition) is 4. The van der Waals surface area contributed by atoms with Crippen LogP contribution in [0.15, 0.2) is 24.3 Å². The van der Waals surface area contributed by atoms with Crippen molar-refractivity contribution in [2.45, 2.75) is 13.0 Å². The van der Waals surface area contributed by atoms with Crippen LogP contribution in [0.25, 0.3) is 0 Å². The molecule has 7 heteroatoms. The van der Waals surface area contributed by atoms with Gasteiger partial charge in [0.25, 0.3) is 0 Å². The normalized spacial score (nSPS) is 10.0. The van der Waals surface area contributed by atoms with Gasteiger partial charge >= 0.3 is 6.03 Å². The lowest BCUT2D eigenvalue weighted by Crippen LogP contribution is -2.34. The SMILES string of the molecule is COCCNC(=O)CCNC(=O)Nc1ccc(CN)cc1. The van der Waals surface area contributed by atoms with Crippen LogP contribution in [0.3, 0.4) is 0 Å². The number of carbonyl (C=O) groups is 2. The van der Waals surface area contributed by atoms with E-state index in [-0.39, 0.29) is 24.9 Å². The zero-order valence-electron chi connectivity index (χ0n) is 12.1. The molecule has 116 valence electrons. The summed E-state index contributed by atoms with van der Waals surface area (Å²) in [5.41, 5.74) is 7.16. The predicted molar refractivity (Wildman–Crippen MR) is 80.9 cm³/mol. The first-order valence-electron chi connectivity index (χ1n) is 6.75. The lowest BCUT2D eigenvalue weighted by Gasteiger charge is -2.08. The Labute approximate surface area is 124 Å². The smallest absolute Gasteiger partial charge is 0.319 e. The van der Waals surface area contributed by atoms with Gasteiger partial charge in [0, 0.05) is 38.9 Å². The minimum Gasteiger partial charge on any atom is -0.383 e. The van der Waals surface area contributed by atoms with E-state index in [1.165, 1.54) is 0 Å². The standard InChI is InChI=1S/C14H22N4O3/c1-21-9-8-16-13(19)6-7-17-14(20)18-12-4-2-11(10-15)3-5-12/h2-5H,6-10,15H2,1H3,(H,16,19)(H2,17,18,20). The number of rotatable bonds is 8. The molecule has 21 heavy (non-hydrogen) atoms. The number of carbonyl (C=O) groups excluding carboxylic acids is 2. The number of anilines is 1. The highest BCUT2D eigenvalue weighted by molar-refractivity contribution is 5.89. The number of benzene rings is 1. The number of amides is 3. The van der Waals surface area contributed by atoms with Crippen LogP contribution in [-0.2, 0) is 16.1 Å². The predicted octanol–water partition coefficient (Wildman–Crippen LogP) is 0.420. The summed E-state index contributed by atoms with van der Waals surface area (Å²) < 4.78 is 4.82. The number of nitrogens with two attached hydrogens (primary N) is 1. The molecule has 0 saturated carbocycles. The number of urea groups is 1. The molecule has 1 aromatic carbocycles. The molecule has 0 spiro atoms. The fraction of sp³-hybridized carbons (Fsp3) is 0.429. The van der Waals surface area contributed by atoms with Gasteiger partial charge in [-0.15, -0.1) is 0 Å². The van der Waals surface area contributed by atoms with Crippen molar-refractivity contribution in [1.29, 1.82) is 0 Å². The molecule has 7 nitrogen and oxygen atoms in total. The summed E-state index contributed by atoms with van der Waals surface area (Å²) in [6.07, 6.45) is 0.225. The highest BCUT2D eigenvalue weighted by Gasteiger charge is 2.04. The van der Waals surface area contributed by atoms with Gasteiger partial charge in [-0.3, -0.25) is 4.79 Å². The molecule has 0 aliphatic heterocycles. The van der Waals surface area contributed by atoms with E-state index < -0.39 is 0 Å². The van der Waals surface area contributed by atoms with Crippen LogP contribution in [-0.4, -0.2) is 38.7 Å². The van der Waals surface area contributed by atoms with Crippen LogP contribution >= 0.6 is 0 Å².